The Morgan fingerprint density at radius 3 is 2.96 bits per heavy atom. The van der Waals surface area contributed by atoms with Crippen LogP contribution in [0.2, 0.25) is 0 Å². The number of thiazole rings is 1. The zero-order valence-corrected chi connectivity index (χ0v) is 13.7. The van der Waals surface area contributed by atoms with Crippen LogP contribution in [0, 0.1) is 0 Å². The Morgan fingerprint density at radius 2 is 2.12 bits per heavy atom. The van der Waals surface area contributed by atoms with E-state index in [1.165, 1.54) is 17.4 Å². The second-order valence-electron chi connectivity index (χ2n) is 5.70. The fraction of sp³-hybridized carbons (Fsp3) is 0.235. The van der Waals surface area contributed by atoms with E-state index in [1.807, 2.05) is 23.6 Å². The molecular formula is C17H16N4O2S. The molecule has 6 nitrogen and oxygen atoms in total. The fourth-order valence-electron chi connectivity index (χ4n) is 3.02. The van der Waals surface area contributed by atoms with Crippen LogP contribution in [0.4, 0.5) is 0 Å². The highest BCUT2D eigenvalue weighted by atomic mass is 32.1. The Labute approximate surface area is 142 Å². The molecule has 1 aromatic carbocycles. The van der Waals surface area contributed by atoms with Gasteiger partial charge in [-0.05, 0) is 5.56 Å². The number of hydrogen-bond donors (Lipinski definition) is 1. The van der Waals surface area contributed by atoms with Gasteiger partial charge in [-0.25, -0.2) is 0 Å². The molecule has 122 valence electrons. The number of rotatable bonds is 2. The van der Waals surface area contributed by atoms with Gasteiger partial charge >= 0.3 is 0 Å². The lowest BCUT2D eigenvalue weighted by molar-refractivity contribution is 0.0695. The number of carbonyl (C=O) groups is 1. The molecule has 1 N–H and O–H groups in total. The average Bonchev–Trinajstić information content (AvgIpc) is 3.09. The van der Waals surface area contributed by atoms with Crippen molar-refractivity contribution in [1.29, 1.82) is 0 Å². The number of fused-ring (bicyclic) bond motifs is 1. The normalized spacial score (nSPS) is 18.0. The molecule has 3 heterocycles. The number of nitrogens with zero attached hydrogens (tertiary/aromatic N) is 3. The Bertz CT molecular complexity index is 934. The number of benzene rings is 1. The fourth-order valence-corrected chi connectivity index (χ4v) is 3.74. The summed E-state index contributed by atoms with van der Waals surface area (Å²) >= 11 is 1.35. The third kappa shape index (κ3) is 2.72. The largest absolute Gasteiger partial charge is 0.334 e. The van der Waals surface area contributed by atoms with Crippen LogP contribution in [0.3, 0.4) is 0 Å². The molecule has 1 amide bonds. The predicted molar refractivity (Wildman–Crippen MR) is 92.4 cm³/mol. The van der Waals surface area contributed by atoms with E-state index >= 15 is 0 Å². The van der Waals surface area contributed by atoms with Crippen molar-refractivity contribution < 1.29 is 4.79 Å². The van der Waals surface area contributed by atoms with Crippen molar-refractivity contribution >= 4 is 22.2 Å². The zero-order valence-electron chi connectivity index (χ0n) is 12.9. The van der Waals surface area contributed by atoms with E-state index in [0.717, 1.165) is 12.1 Å². The lowest BCUT2D eigenvalue weighted by Crippen LogP contribution is -2.48. The summed E-state index contributed by atoms with van der Waals surface area (Å²) in [5.74, 6) is -0.134. The summed E-state index contributed by atoms with van der Waals surface area (Å²) < 4.78 is 1.69. The van der Waals surface area contributed by atoms with Crippen molar-refractivity contribution in [1.82, 2.24) is 19.6 Å². The quantitative estimate of drug-likeness (QED) is 0.768. The van der Waals surface area contributed by atoms with Crippen LogP contribution < -0.4 is 10.9 Å². The molecule has 1 atom stereocenters. The molecule has 0 unspecified atom stereocenters. The molecule has 1 fully saturated rings. The van der Waals surface area contributed by atoms with Crippen molar-refractivity contribution in [2.45, 2.75) is 6.04 Å². The standard InChI is InChI=1S/C17H16N4O2S/c22-15-10-14(21-8-9-24-17(21)19-15)16(23)20-7-6-18-13(11-20)12-4-2-1-3-5-12/h1-5,8-10,13,18H,6-7,11H2/t13-/m0/s1. The molecule has 0 saturated carbocycles. The lowest BCUT2D eigenvalue weighted by Gasteiger charge is -2.34. The van der Waals surface area contributed by atoms with E-state index in [1.54, 1.807) is 15.5 Å². The first kappa shape index (κ1) is 15.0. The zero-order chi connectivity index (χ0) is 16.5. The van der Waals surface area contributed by atoms with Crippen LogP contribution in [-0.4, -0.2) is 39.8 Å². The summed E-state index contributed by atoms with van der Waals surface area (Å²) in [6.07, 6.45) is 1.77. The van der Waals surface area contributed by atoms with Crippen LogP contribution in [0.5, 0.6) is 0 Å². The maximum Gasteiger partial charge on any atom is 0.274 e. The highest BCUT2D eigenvalue weighted by Gasteiger charge is 2.26. The lowest BCUT2D eigenvalue weighted by atomic mass is 10.0. The minimum Gasteiger partial charge on any atom is -0.334 e. The van der Waals surface area contributed by atoms with Gasteiger partial charge in [0.2, 0.25) is 0 Å². The minimum absolute atomic E-state index is 0.0976. The van der Waals surface area contributed by atoms with Gasteiger partial charge in [-0.1, -0.05) is 30.3 Å². The first-order valence-electron chi connectivity index (χ1n) is 7.77. The smallest absolute Gasteiger partial charge is 0.274 e. The molecule has 0 aliphatic carbocycles. The van der Waals surface area contributed by atoms with Crippen LogP contribution >= 0.6 is 11.3 Å². The number of aromatic nitrogens is 2. The van der Waals surface area contributed by atoms with Crippen molar-refractivity contribution in [3.63, 3.8) is 0 Å². The molecular weight excluding hydrogens is 324 g/mol. The first-order valence-corrected chi connectivity index (χ1v) is 8.65. The Morgan fingerprint density at radius 1 is 1.29 bits per heavy atom. The second-order valence-corrected chi connectivity index (χ2v) is 6.58. The Balaban J connectivity index is 1.64. The van der Waals surface area contributed by atoms with Crippen molar-refractivity contribution in [3.05, 3.63) is 69.6 Å². The number of piperazine rings is 1. The maximum atomic E-state index is 13.0. The SMILES string of the molecule is O=C(c1cc(=O)nc2sccn12)N1CCN[C@H](c2ccccc2)C1. The third-order valence-corrected chi connectivity index (χ3v) is 4.96. The molecule has 3 aromatic rings. The van der Waals surface area contributed by atoms with Gasteiger partial charge in [0, 0.05) is 43.3 Å². The summed E-state index contributed by atoms with van der Waals surface area (Å²) in [6.45, 7) is 1.91. The molecule has 24 heavy (non-hydrogen) atoms. The number of carbonyl (C=O) groups excluding carboxylic acids is 1. The van der Waals surface area contributed by atoms with Gasteiger partial charge in [0.25, 0.3) is 11.5 Å². The molecule has 1 aliphatic heterocycles. The van der Waals surface area contributed by atoms with Gasteiger partial charge in [0.05, 0.1) is 0 Å². The van der Waals surface area contributed by atoms with E-state index < -0.39 is 0 Å². The minimum atomic E-state index is -0.379. The molecule has 4 rings (SSSR count). The topological polar surface area (TPSA) is 66.7 Å². The molecule has 0 radical (unpaired) electrons. The van der Waals surface area contributed by atoms with Crippen LogP contribution in [0.15, 0.2) is 52.8 Å². The van der Waals surface area contributed by atoms with E-state index in [0.29, 0.717) is 23.7 Å². The molecule has 1 aliphatic rings. The van der Waals surface area contributed by atoms with E-state index in [9.17, 15) is 9.59 Å². The van der Waals surface area contributed by atoms with Crippen molar-refractivity contribution in [3.8, 4) is 0 Å². The monoisotopic (exact) mass is 340 g/mol. The number of hydrogen-bond acceptors (Lipinski definition) is 5. The highest BCUT2D eigenvalue weighted by Crippen LogP contribution is 2.19. The van der Waals surface area contributed by atoms with Crippen molar-refractivity contribution in [2.75, 3.05) is 19.6 Å². The van der Waals surface area contributed by atoms with E-state index in [-0.39, 0.29) is 17.5 Å². The Kier molecular flexibility index (Phi) is 3.87. The summed E-state index contributed by atoms with van der Waals surface area (Å²) in [6, 6.07) is 11.5. The first-order chi connectivity index (χ1) is 11.7. The van der Waals surface area contributed by atoms with Crippen LogP contribution in [-0.2, 0) is 0 Å². The summed E-state index contributed by atoms with van der Waals surface area (Å²) in [5.41, 5.74) is 1.15. The molecule has 0 spiro atoms. The second kappa shape index (κ2) is 6.18. The van der Waals surface area contributed by atoms with Crippen LogP contribution in [0.25, 0.3) is 4.96 Å². The summed E-state index contributed by atoms with van der Waals surface area (Å²) in [4.78, 5) is 31.0. The molecule has 7 heteroatoms. The summed E-state index contributed by atoms with van der Waals surface area (Å²) in [7, 11) is 0. The average molecular weight is 340 g/mol. The number of nitrogens with one attached hydrogen (secondary N) is 1. The highest BCUT2D eigenvalue weighted by molar-refractivity contribution is 7.15. The van der Waals surface area contributed by atoms with Gasteiger partial charge in [0.15, 0.2) is 4.96 Å². The van der Waals surface area contributed by atoms with Gasteiger partial charge in [0.1, 0.15) is 5.69 Å². The molecule has 0 bridgehead atoms. The van der Waals surface area contributed by atoms with E-state index in [4.69, 9.17) is 0 Å². The van der Waals surface area contributed by atoms with Gasteiger partial charge in [-0.2, -0.15) is 4.98 Å². The molecule has 2 aromatic heterocycles. The summed E-state index contributed by atoms with van der Waals surface area (Å²) in [5, 5.41) is 5.27. The predicted octanol–water partition coefficient (Wildman–Crippen LogP) is 1.54. The van der Waals surface area contributed by atoms with Gasteiger partial charge in [-0.15, -0.1) is 11.3 Å². The third-order valence-electron chi connectivity index (χ3n) is 4.20. The number of amides is 1. The molecule has 1 saturated heterocycles. The van der Waals surface area contributed by atoms with Crippen molar-refractivity contribution in [2.24, 2.45) is 0 Å². The van der Waals surface area contributed by atoms with E-state index in [2.05, 4.69) is 22.4 Å². The Hall–Kier alpha value is -2.51. The van der Waals surface area contributed by atoms with Gasteiger partial charge in [-0.3, -0.25) is 14.0 Å². The van der Waals surface area contributed by atoms with Crippen LogP contribution in [0.1, 0.15) is 22.1 Å². The van der Waals surface area contributed by atoms with Gasteiger partial charge < -0.3 is 10.2 Å². The maximum absolute atomic E-state index is 13.0.